The average Bonchev–Trinajstić information content (AvgIpc) is 3.11. The standard InChI is InChI=1S/C18H18F4N6/c19-14-4-2-1-3-13(14)7-8-26-9-11-27(12-10-26)16-6-5-15-23-24-17(18(20,21)22)28(15)25-16/h1-6H,7-12H2. The fourth-order valence-corrected chi connectivity index (χ4v) is 3.30. The first-order valence-electron chi connectivity index (χ1n) is 8.92. The fraction of sp³-hybridized carbons (Fsp3) is 0.389. The summed E-state index contributed by atoms with van der Waals surface area (Å²) in [6, 6.07) is 9.85. The van der Waals surface area contributed by atoms with Crippen LogP contribution in [0.1, 0.15) is 11.4 Å². The Morgan fingerprint density at radius 2 is 1.68 bits per heavy atom. The molecule has 4 rings (SSSR count). The highest BCUT2D eigenvalue weighted by Crippen LogP contribution is 2.28. The summed E-state index contributed by atoms with van der Waals surface area (Å²) in [5, 5.41) is 10.8. The maximum absolute atomic E-state index is 13.7. The molecule has 0 saturated carbocycles. The predicted octanol–water partition coefficient (Wildman–Crippen LogP) is 2.65. The summed E-state index contributed by atoms with van der Waals surface area (Å²) in [4.78, 5) is 4.14. The maximum atomic E-state index is 13.7. The van der Waals surface area contributed by atoms with Gasteiger partial charge in [-0.25, -0.2) is 4.39 Å². The van der Waals surface area contributed by atoms with Crippen molar-refractivity contribution in [3.05, 3.63) is 53.6 Å². The van der Waals surface area contributed by atoms with E-state index in [1.54, 1.807) is 18.2 Å². The third-order valence-corrected chi connectivity index (χ3v) is 4.85. The summed E-state index contributed by atoms with van der Waals surface area (Å²) >= 11 is 0. The van der Waals surface area contributed by atoms with Crippen molar-refractivity contribution in [1.82, 2.24) is 24.7 Å². The Kier molecular flexibility index (Phi) is 4.88. The molecule has 0 N–H and O–H groups in total. The summed E-state index contributed by atoms with van der Waals surface area (Å²) in [6.07, 6.45) is -4.00. The van der Waals surface area contributed by atoms with Gasteiger partial charge in [0.2, 0.25) is 0 Å². The van der Waals surface area contributed by atoms with Gasteiger partial charge in [-0.1, -0.05) is 18.2 Å². The summed E-state index contributed by atoms with van der Waals surface area (Å²) in [7, 11) is 0. The summed E-state index contributed by atoms with van der Waals surface area (Å²) in [5.74, 6) is -0.882. The van der Waals surface area contributed by atoms with Crippen LogP contribution in [0.15, 0.2) is 36.4 Å². The number of nitrogens with zero attached hydrogens (tertiary/aromatic N) is 6. The molecule has 6 nitrogen and oxygen atoms in total. The van der Waals surface area contributed by atoms with Crippen LogP contribution in [0.3, 0.4) is 0 Å². The molecule has 3 heterocycles. The zero-order valence-corrected chi connectivity index (χ0v) is 14.9. The van der Waals surface area contributed by atoms with Crippen molar-refractivity contribution in [3.8, 4) is 0 Å². The molecule has 10 heteroatoms. The van der Waals surface area contributed by atoms with Crippen LogP contribution in [0.25, 0.3) is 5.65 Å². The molecule has 0 aliphatic carbocycles. The van der Waals surface area contributed by atoms with E-state index in [4.69, 9.17) is 0 Å². The van der Waals surface area contributed by atoms with Crippen LogP contribution in [-0.2, 0) is 12.6 Å². The maximum Gasteiger partial charge on any atom is 0.453 e. The van der Waals surface area contributed by atoms with Gasteiger partial charge in [0.25, 0.3) is 5.82 Å². The molecule has 1 aliphatic heterocycles. The topological polar surface area (TPSA) is 49.6 Å². The number of piperazine rings is 1. The molecular formula is C18H18F4N6. The molecule has 0 radical (unpaired) electrons. The Morgan fingerprint density at radius 3 is 2.39 bits per heavy atom. The van der Waals surface area contributed by atoms with E-state index < -0.39 is 12.0 Å². The van der Waals surface area contributed by atoms with E-state index in [2.05, 4.69) is 20.2 Å². The molecule has 0 spiro atoms. The van der Waals surface area contributed by atoms with Crippen LogP contribution in [0.2, 0.25) is 0 Å². The zero-order chi connectivity index (χ0) is 19.7. The molecule has 28 heavy (non-hydrogen) atoms. The van der Waals surface area contributed by atoms with Crippen molar-refractivity contribution in [3.63, 3.8) is 0 Å². The number of hydrogen-bond acceptors (Lipinski definition) is 5. The average molecular weight is 394 g/mol. The van der Waals surface area contributed by atoms with E-state index in [-0.39, 0.29) is 11.5 Å². The van der Waals surface area contributed by atoms with Crippen LogP contribution >= 0.6 is 0 Å². The molecule has 1 fully saturated rings. The van der Waals surface area contributed by atoms with Gasteiger partial charge in [-0.3, -0.25) is 4.90 Å². The highest BCUT2D eigenvalue weighted by Gasteiger charge is 2.37. The fourth-order valence-electron chi connectivity index (χ4n) is 3.30. The SMILES string of the molecule is Fc1ccccc1CCN1CCN(c2ccc3nnc(C(F)(F)F)n3n2)CC1. The molecule has 148 valence electrons. The predicted molar refractivity (Wildman–Crippen MR) is 94.5 cm³/mol. The number of anilines is 1. The largest absolute Gasteiger partial charge is 0.453 e. The molecule has 0 amide bonds. The third kappa shape index (κ3) is 3.77. The highest BCUT2D eigenvalue weighted by atomic mass is 19.4. The van der Waals surface area contributed by atoms with E-state index in [1.807, 2.05) is 11.0 Å². The van der Waals surface area contributed by atoms with E-state index in [9.17, 15) is 17.6 Å². The highest BCUT2D eigenvalue weighted by molar-refractivity contribution is 5.46. The van der Waals surface area contributed by atoms with Crippen molar-refractivity contribution in [2.45, 2.75) is 12.6 Å². The minimum atomic E-state index is -4.61. The Labute approximate surface area is 158 Å². The minimum absolute atomic E-state index is 0.0552. The van der Waals surface area contributed by atoms with E-state index in [0.717, 1.165) is 24.1 Å². The zero-order valence-electron chi connectivity index (χ0n) is 14.9. The van der Waals surface area contributed by atoms with Gasteiger partial charge in [0, 0.05) is 32.7 Å². The Bertz CT molecular complexity index is 962. The summed E-state index contributed by atoms with van der Waals surface area (Å²) in [6.45, 7) is 3.42. The molecule has 2 aromatic heterocycles. The number of benzene rings is 1. The van der Waals surface area contributed by atoms with Crippen LogP contribution in [-0.4, -0.2) is 57.4 Å². The van der Waals surface area contributed by atoms with Crippen LogP contribution < -0.4 is 4.90 Å². The van der Waals surface area contributed by atoms with Crippen LogP contribution in [0.4, 0.5) is 23.4 Å². The normalized spacial score (nSPS) is 16.1. The second-order valence-electron chi connectivity index (χ2n) is 6.65. The number of alkyl halides is 3. The van der Waals surface area contributed by atoms with Gasteiger partial charge in [0.15, 0.2) is 5.65 Å². The minimum Gasteiger partial charge on any atom is -0.353 e. The lowest BCUT2D eigenvalue weighted by atomic mass is 10.1. The number of rotatable bonds is 4. The third-order valence-electron chi connectivity index (χ3n) is 4.85. The smallest absolute Gasteiger partial charge is 0.353 e. The number of fused-ring (bicyclic) bond motifs is 1. The first-order valence-corrected chi connectivity index (χ1v) is 8.92. The van der Waals surface area contributed by atoms with Gasteiger partial charge in [0.1, 0.15) is 11.6 Å². The van der Waals surface area contributed by atoms with E-state index in [1.165, 1.54) is 12.1 Å². The number of aromatic nitrogens is 4. The molecule has 1 aromatic carbocycles. The molecular weight excluding hydrogens is 376 g/mol. The Balaban J connectivity index is 1.40. The quantitative estimate of drug-likeness (QED) is 0.637. The lowest BCUT2D eigenvalue weighted by Crippen LogP contribution is -2.47. The number of hydrogen-bond donors (Lipinski definition) is 0. The molecule has 0 unspecified atom stereocenters. The lowest BCUT2D eigenvalue weighted by molar-refractivity contribution is -0.146. The van der Waals surface area contributed by atoms with Gasteiger partial charge < -0.3 is 4.90 Å². The van der Waals surface area contributed by atoms with Gasteiger partial charge in [-0.05, 0) is 30.2 Å². The second kappa shape index (κ2) is 7.34. The first-order chi connectivity index (χ1) is 13.4. The summed E-state index contributed by atoms with van der Waals surface area (Å²) in [5.41, 5.74) is 0.740. The monoisotopic (exact) mass is 394 g/mol. The Hall–Kier alpha value is -2.75. The van der Waals surface area contributed by atoms with Gasteiger partial charge in [-0.2, -0.15) is 17.7 Å². The van der Waals surface area contributed by atoms with Gasteiger partial charge in [-0.15, -0.1) is 15.3 Å². The number of halogens is 4. The lowest BCUT2D eigenvalue weighted by Gasteiger charge is -2.35. The Morgan fingerprint density at radius 1 is 0.929 bits per heavy atom. The molecule has 3 aromatic rings. The van der Waals surface area contributed by atoms with E-state index in [0.29, 0.717) is 30.9 Å². The molecule has 0 bridgehead atoms. The van der Waals surface area contributed by atoms with Crippen molar-refractivity contribution < 1.29 is 17.6 Å². The molecule has 0 atom stereocenters. The van der Waals surface area contributed by atoms with Crippen molar-refractivity contribution in [2.24, 2.45) is 0 Å². The first kappa shape index (κ1) is 18.6. The van der Waals surface area contributed by atoms with Crippen molar-refractivity contribution >= 4 is 11.5 Å². The molecule has 1 aliphatic rings. The molecule has 1 saturated heterocycles. The van der Waals surface area contributed by atoms with Gasteiger partial charge >= 0.3 is 6.18 Å². The van der Waals surface area contributed by atoms with Gasteiger partial charge in [0.05, 0.1) is 0 Å². The second-order valence-corrected chi connectivity index (χ2v) is 6.65. The van der Waals surface area contributed by atoms with Crippen molar-refractivity contribution in [1.29, 1.82) is 0 Å². The summed E-state index contributed by atoms with van der Waals surface area (Å²) < 4.78 is 53.5. The van der Waals surface area contributed by atoms with Crippen molar-refractivity contribution in [2.75, 3.05) is 37.6 Å². The van der Waals surface area contributed by atoms with Crippen LogP contribution in [0.5, 0.6) is 0 Å². The van der Waals surface area contributed by atoms with E-state index >= 15 is 0 Å². The van der Waals surface area contributed by atoms with Crippen LogP contribution in [0, 0.1) is 5.82 Å².